The highest BCUT2D eigenvalue weighted by atomic mass is 16.3. The highest BCUT2D eigenvalue weighted by Crippen LogP contribution is 2.30. The van der Waals surface area contributed by atoms with E-state index in [4.69, 9.17) is 0 Å². The van der Waals surface area contributed by atoms with Gasteiger partial charge in [0.15, 0.2) is 0 Å². The van der Waals surface area contributed by atoms with Crippen LogP contribution in [0.5, 0.6) is 0 Å². The van der Waals surface area contributed by atoms with Crippen molar-refractivity contribution < 1.29 is 9.90 Å². The molecule has 0 saturated carbocycles. The number of amides is 1. The number of benzene rings is 1. The maximum absolute atomic E-state index is 12.6. The minimum absolute atomic E-state index is 0.146. The van der Waals surface area contributed by atoms with Gasteiger partial charge in [0.2, 0.25) is 5.91 Å². The maximum Gasteiger partial charge on any atom is 0.224 e. The second-order valence-electron chi connectivity index (χ2n) is 7.24. The summed E-state index contributed by atoms with van der Waals surface area (Å²) in [6.07, 6.45) is 6.84. The number of hydrogen-bond acceptors (Lipinski definition) is 4. The second kappa shape index (κ2) is 7.52. The molecule has 3 heterocycles. The van der Waals surface area contributed by atoms with Crippen molar-refractivity contribution in [1.29, 1.82) is 0 Å². The summed E-state index contributed by atoms with van der Waals surface area (Å²) in [6.45, 7) is 2.01. The summed E-state index contributed by atoms with van der Waals surface area (Å²) in [5.74, 6) is 1.01. The number of aromatic nitrogens is 4. The molecule has 3 aromatic rings. The van der Waals surface area contributed by atoms with Crippen LogP contribution in [0.3, 0.4) is 0 Å². The molecule has 1 atom stereocenters. The highest BCUT2D eigenvalue weighted by molar-refractivity contribution is 5.77. The molecule has 0 radical (unpaired) electrons. The number of nitrogens with zero attached hydrogens (tertiary/aromatic N) is 5. The predicted octanol–water partition coefficient (Wildman–Crippen LogP) is 2.13. The molecule has 27 heavy (non-hydrogen) atoms. The molecule has 1 fully saturated rings. The van der Waals surface area contributed by atoms with E-state index >= 15 is 0 Å². The Labute approximate surface area is 158 Å². The Bertz CT molecular complexity index is 923. The Kier molecular flexibility index (Phi) is 4.94. The summed E-state index contributed by atoms with van der Waals surface area (Å²) in [6, 6.07) is 7.96. The fraction of sp³-hybridized carbons (Fsp3) is 0.450. The fourth-order valence-corrected chi connectivity index (χ4v) is 3.90. The monoisotopic (exact) mass is 367 g/mol. The Morgan fingerprint density at radius 3 is 2.78 bits per heavy atom. The van der Waals surface area contributed by atoms with Crippen LogP contribution in [0.25, 0.3) is 11.0 Å². The van der Waals surface area contributed by atoms with E-state index in [1.807, 2.05) is 51.5 Å². The number of aliphatic hydroxyl groups excluding tert-OH is 1. The normalized spacial score (nSPS) is 16.7. The van der Waals surface area contributed by atoms with Gasteiger partial charge in [-0.15, -0.1) is 0 Å². The third-order valence-corrected chi connectivity index (χ3v) is 5.56. The van der Waals surface area contributed by atoms with Crippen LogP contribution in [0.2, 0.25) is 0 Å². The van der Waals surface area contributed by atoms with Crippen LogP contribution in [0.1, 0.15) is 31.2 Å². The number of likely N-dealkylation sites (tertiary alicyclic amines) is 1. The van der Waals surface area contributed by atoms with Gasteiger partial charge < -0.3 is 19.1 Å². The van der Waals surface area contributed by atoms with E-state index in [1.165, 1.54) is 0 Å². The number of para-hydroxylation sites is 2. The molecule has 7 nitrogen and oxygen atoms in total. The fourth-order valence-electron chi connectivity index (χ4n) is 3.90. The van der Waals surface area contributed by atoms with Crippen LogP contribution in [-0.4, -0.2) is 48.1 Å². The van der Waals surface area contributed by atoms with Crippen molar-refractivity contribution in [2.45, 2.75) is 31.9 Å². The molecule has 1 aromatic carbocycles. The molecule has 2 aromatic heterocycles. The number of aryl methyl sites for hydroxylation is 2. The smallest absolute Gasteiger partial charge is 0.224 e. The van der Waals surface area contributed by atoms with Gasteiger partial charge in [-0.05, 0) is 30.9 Å². The minimum Gasteiger partial charge on any atom is -0.385 e. The lowest BCUT2D eigenvalue weighted by Crippen LogP contribution is -2.40. The van der Waals surface area contributed by atoms with Gasteiger partial charge in [0, 0.05) is 45.5 Å². The summed E-state index contributed by atoms with van der Waals surface area (Å²) >= 11 is 0. The number of rotatable bonds is 5. The Morgan fingerprint density at radius 1 is 1.26 bits per heavy atom. The summed E-state index contributed by atoms with van der Waals surface area (Å²) < 4.78 is 3.89. The lowest BCUT2D eigenvalue weighted by molar-refractivity contribution is -0.133. The van der Waals surface area contributed by atoms with E-state index in [2.05, 4.69) is 9.97 Å². The Morgan fingerprint density at radius 2 is 2.04 bits per heavy atom. The van der Waals surface area contributed by atoms with E-state index in [0.717, 1.165) is 23.9 Å². The molecule has 0 bridgehead atoms. The van der Waals surface area contributed by atoms with Crippen LogP contribution in [0.15, 0.2) is 43.0 Å². The quantitative estimate of drug-likeness (QED) is 0.750. The summed E-state index contributed by atoms with van der Waals surface area (Å²) in [7, 11) is 1.89. The van der Waals surface area contributed by atoms with Gasteiger partial charge in [0.05, 0.1) is 17.4 Å². The van der Waals surface area contributed by atoms with Crippen molar-refractivity contribution in [2.24, 2.45) is 13.0 Å². The van der Waals surface area contributed by atoms with E-state index in [0.29, 0.717) is 31.9 Å². The zero-order chi connectivity index (χ0) is 18.8. The third kappa shape index (κ3) is 3.60. The number of piperidine rings is 1. The van der Waals surface area contributed by atoms with Crippen LogP contribution in [0.4, 0.5) is 0 Å². The summed E-state index contributed by atoms with van der Waals surface area (Å²) in [4.78, 5) is 23.1. The van der Waals surface area contributed by atoms with Gasteiger partial charge in [0.1, 0.15) is 11.9 Å². The Hall–Kier alpha value is -2.67. The molecule has 4 rings (SSSR count). The van der Waals surface area contributed by atoms with Crippen LogP contribution >= 0.6 is 0 Å². The van der Waals surface area contributed by atoms with E-state index < -0.39 is 6.10 Å². The second-order valence-corrected chi connectivity index (χ2v) is 7.24. The molecular weight excluding hydrogens is 342 g/mol. The van der Waals surface area contributed by atoms with Gasteiger partial charge in [-0.1, -0.05) is 12.1 Å². The van der Waals surface area contributed by atoms with Gasteiger partial charge in [-0.3, -0.25) is 4.79 Å². The molecule has 1 unspecified atom stereocenters. The number of carbonyl (C=O) groups is 1. The standard InChI is InChI=1S/C20H25N5O2/c1-23-13-9-21-20(23)19(27)15-6-10-24(11-7-15)18(26)8-12-25-14-22-16-4-2-3-5-17(16)25/h2-5,9,13-15,19,27H,6-8,10-12H2,1H3. The van der Waals surface area contributed by atoms with Crippen molar-refractivity contribution in [3.63, 3.8) is 0 Å². The van der Waals surface area contributed by atoms with E-state index in [9.17, 15) is 9.90 Å². The first kappa shape index (κ1) is 17.7. The zero-order valence-corrected chi connectivity index (χ0v) is 15.5. The maximum atomic E-state index is 12.6. The van der Waals surface area contributed by atoms with Crippen LogP contribution in [0, 0.1) is 5.92 Å². The molecule has 0 aliphatic carbocycles. The van der Waals surface area contributed by atoms with Crippen LogP contribution in [-0.2, 0) is 18.4 Å². The molecule has 1 saturated heterocycles. The van der Waals surface area contributed by atoms with Crippen LogP contribution < -0.4 is 0 Å². The summed E-state index contributed by atoms with van der Waals surface area (Å²) in [5.41, 5.74) is 2.01. The average Bonchev–Trinajstić information content (AvgIpc) is 3.32. The van der Waals surface area contributed by atoms with Gasteiger partial charge in [-0.25, -0.2) is 9.97 Å². The van der Waals surface area contributed by atoms with E-state index in [1.54, 1.807) is 12.5 Å². The average molecular weight is 367 g/mol. The van der Waals surface area contributed by atoms with Crippen molar-refractivity contribution >= 4 is 16.9 Å². The zero-order valence-electron chi connectivity index (χ0n) is 15.5. The molecule has 0 spiro atoms. The van der Waals surface area contributed by atoms with Crippen molar-refractivity contribution in [2.75, 3.05) is 13.1 Å². The van der Waals surface area contributed by atoms with Gasteiger partial charge in [0.25, 0.3) is 0 Å². The Balaban J connectivity index is 1.30. The van der Waals surface area contributed by atoms with Gasteiger partial charge in [-0.2, -0.15) is 0 Å². The van der Waals surface area contributed by atoms with E-state index in [-0.39, 0.29) is 11.8 Å². The first-order valence-corrected chi connectivity index (χ1v) is 9.46. The number of fused-ring (bicyclic) bond motifs is 1. The van der Waals surface area contributed by atoms with Crippen molar-refractivity contribution in [3.05, 3.63) is 48.8 Å². The number of carbonyl (C=O) groups excluding carboxylic acids is 1. The molecular formula is C20H25N5O2. The minimum atomic E-state index is -0.570. The molecule has 142 valence electrons. The number of imidazole rings is 2. The first-order valence-electron chi connectivity index (χ1n) is 9.46. The topological polar surface area (TPSA) is 76.2 Å². The molecule has 1 aliphatic heterocycles. The third-order valence-electron chi connectivity index (χ3n) is 5.56. The number of hydrogen-bond donors (Lipinski definition) is 1. The molecule has 7 heteroatoms. The summed E-state index contributed by atoms with van der Waals surface area (Å²) in [5, 5.41) is 10.6. The predicted molar refractivity (Wildman–Crippen MR) is 102 cm³/mol. The van der Waals surface area contributed by atoms with Crippen molar-refractivity contribution in [3.8, 4) is 0 Å². The number of aliphatic hydroxyl groups is 1. The SMILES string of the molecule is Cn1ccnc1C(O)C1CCN(C(=O)CCn2cnc3ccccc32)CC1. The lowest BCUT2D eigenvalue weighted by atomic mass is 9.90. The lowest BCUT2D eigenvalue weighted by Gasteiger charge is -2.34. The van der Waals surface area contributed by atoms with Crippen molar-refractivity contribution in [1.82, 2.24) is 24.0 Å². The molecule has 1 amide bonds. The largest absolute Gasteiger partial charge is 0.385 e. The highest BCUT2D eigenvalue weighted by Gasteiger charge is 2.29. The first-order chi connectivity index (χ1) is 13.1. The van der Waals surface area contributed by atoms with Gasteiger partial charge >= 0.3 is 0 Å². The molecule has 1 N–H and O–H groups in total. The molecule has 1 aliphatic rings.